The predicted molar refractivity (Wildman–Crippen MR) is 98.1 cm³/mol. The van der Waals surface area contributed by atoms with E-state index in [0.717, 1.165) is 4.47 Å². The molecular formula is C17H13BrClN3O3. The minimum atomic E-state index is -0.383. The molecule has 8 heteroatoms. The van der Waals surface area contributed by atoms with Gasteiger partial charge in [-0.1, -0.05) is 33.6 Å². The summed E-state index contributed by atoms with van der Waals surface area (Å²) < 4.78 is 7.93. The van der Waals surface area contributed by atoms with Crippen LogP contribution in [0.4, 0.5) is 5.69 Å². The van der Waals surface area contributed by atoms with E-state index in [1.807, 2.05) is 6.07 Å². The SMILES string of the molecule is O=C(Nc1cccc(O)c1)c1ccn(COc2ccc(Br)cc2Cl)n1. The van der Waals surface area contributed by atoms with Crippen LogP contribution in [-0.2, 0) is 6.73 Å². The van der Waals surface area contributed by atoms with Crippen LogP contribution in [0.25, 0.3) is 0 Å². The van der Waals surface area contributed by atoms with Crippen molar-refractivity contribution in [3.63, 3.8) is 0 Å². The van der Waals surface area contributed by atoms with Crippen molar-refractivity contribution in [1.29, 1.82) is 0 Å². The molecule has 0 aliphatic carbocycles. The Bertz CT molecular complexity index is 914. The third kappa shape index (κ3) is 4.52. The smallest absolute Gasteiger partial charge is 0.276 e. The number of nitrogens with zero attached hydrogens (tertiary/aromatic N) is 2. The average molecular weight is 423 g/mol. The maximum absolute atomic E-state index is 12.2. The van der Waals surface area contributed by atoms with Crippen molar-refractivity contribution in [2.75, 3.05) is 5.32 Å². The van der Waals surface area contributed by atoms with E-state index >= 15 is 0 Å². The van der Waals surface area contributed by atoms with E-state index < -0.39 is 0 Å². The third-order valence-electron chi connectivity index (χ3n) is 3.22. The Kier molecular flexibility index (Phi) is 5.25. The highest BCUT2D eigenvalue weighted by Crippen LogP contribution is 2.27. The summed E-state index contributed by atoms with van der Waals surface area (Å²) >= 11 is 9.41. The number of hydrogen-bond donors (Lipinski definition) is 2. The Morgan fingerprint density at radius 3 is 2.88 bits per heavy atom. The van der Waals surface area contributed by atoms with Crippen molar-refractivity contribution in [2.24, 2.45) is 0 Å². The topological polar surface area (TPSA) is 76.4 Å². The third-order valence-corrected chi connectivity index (χ3v) is 4.01. The molecule has 3 rings (SSSR count). The van der Waals surface area contributed by atoms with Gasteiger partial charge in [0.05, 0.1) is 5.02 Å². The summed E-state index contributed by atoms with van der Waals surface area (Å²) in [5.74, 6) is 0.209. The molecule has 0 atom stereocenters. The highest BCUT2D eigenvalue weighted by atomic mass is 79.9. The lowest BCUT2D eigenvalue weighted by molar-refractivity contribution is 0.102. The van der Waals surface area contributed by atoms with Crippen LogP contribution in [0.1, 0.15) is 10.5 Å². The molecule has 25 heavy (non-hydrogen) atoms. The first-order valence-electron chi connectivity index (χ1n) is 7.23. The van der Waals surface area contributed by atoms with E-state index in [0.29, 0.717) is 16.5 Å². The first kappa shape index (κ1) is 17.3. The number of carbonyl (C=O) groups excluding carboxylic acids is 1. The Morgan fingerprint density at radius 1 is 1.28 bits per heavy atom. The molecule has 1 aromatic heterocycles. The fraction of sp³-hybridized carbons (Fsp3) is 0.0588. The maximum Gasteiger partial charge on any atom is 0.276 e. The molecule has 1 amide bonds. The number of nitrogens with one attached hydrogen (secondary N) is 1. The number of phenolic OH excluding ortho intramolecular Hbond substituents is 1. The number of rotatable bonds is 5. The largest absolute Gasteiger partial charge is 0.508 e. The number of aromatic nitrogens is 2. The zero-order chi connectivity index (χ0) is 17.8. The predicted octanol–water partition coefficient (Wildman–Crippen LogP) is 4.29. The number of aromatic hydroxyl groups is 1. The van der Waals surface area contributed by atoms with Crippen molar-refractivity contribution in [3.05, 3.63) is 69.9 Å². The van der Waals surface area contributed by atoms with Gasteiger partial charge in [0.25, 0.3) is 5.91 Å². The normalized spacial score (nSPS) is 10.5. The molecule has 0 fully saturated rings. The molecule has 0 aliphatic rings. The summed E-state index contributed by atoms with van der Waals surface area (Å²) in [5, 5.41) is 16.7. The molecule has 0 spiro atoms. The monoisotopic (exact) mass is 421 g/mol. The van der Waals surface area contributed by atoms with Gasteiger partial charge in [0.15, 0.2) is 12.4 Å². The molecule has 0 saturated carbocycles. The Labute approximate surface area is 157 Å². The fourth-order valence-corrected chi connectivity index (χ4v) is 2.79. The van der Waals surface area contributed by atoms with Gasteiger partial charge >= 0.3 is 0 Å². The van der Waals surface area contributed by atoms with Crippen molar-refractivity contribution in [3.8, 4) is 11.5 Å². The van der Waals surface area contributed by atoms with E-state index in [9.17, 15) is 9.90 Å². The number of ether oxygens (including phenoxy) is 1. The molecule has 2 N–H and O–H groups in total. The minimum absolute atomic E-state index is 0.0723. The highest BCUT2D eigenvalue weighted by molar-refractivity contribution is 9.10. The summed E-state index contributed by atoms with van der Waals surface area (Å²) in [6.07, 6.45) is 1.63. The highest BCUT2D eigenvalue weighted by Gasteiger charge is 2.11. The lowest BCUT2D eigenvalue weighted by Gasteiger charge is -2.08. The number of hydrogen-bond acceptors (Lipinski definition) is 4. The summed E-state index contributed by atoms with van der Waals surface area (Å²) in [6.45, 7) is 0.112. The van der Waals surface area contributed by atoms with Crippen LogP contribution in [0.2, 0.25) is 5.02 Å². The number of halogens is 2. The van der Waals surface area contributed by atoms with E-state index in [4.69, 9.17) is 16.3 Å². The van der Waals surface area contributed by atoms with Crippen LogP contribution >= 0.6 is 27.5 Å². The van der Waals surface area contributed by atoms with Gasteiger partial charge in [0, 0.05) is 22.4 Å². The van der Waals surface area contributed by atoms with E-state index in [1.165, 1.54) is 16.8 Å². The molecule has 0 radical (unpaired) electrons. The second-order valence-corrected chi connectivity index (χ2v) is 6.42. The molecule has 128 valence electrons. The summed E-state index contributed by atoms with van der Waals surface area (Å²) in [6, 6.07) is 13.2. The quantitative estimate of drug-likeness (QED) is 0.643. The Balaban J connectivity index is 1.62. The Hall–Kier alpha value is -2.51. The van der Waals surface area contributed by atoms with Gasteiger partial charge in [-0.25, -0.2) is 4.68 Å². The van der Waals surface area contributed by atoms with E-state index in [1.54, 1.807) is 36.5 Å². The van der Waals surface area contributed by atoms with Crippen LogP contribution in [-0.4, -0.2) is 20.8 Å². The van der Waals surface area contributed by atoms with Crippen molar-refractivity contribution < 1.29 is 14.6 Å². The molecule has 0 bridgehead atoms. The molecule has 0 aliphatic heterocycles. The standard InChI is InChI=1S/C17H13BrClN3O3/c18-11-4-5-16(14(19)8-11)25-10-22-7-6-15(21-22)17(24)20-12-2-1-3-13(23)9-12/h1-9,23H,10H2,(H,20,24). The van der Waals surface area contributed by atoms with Gasteiger partial charge in [0.2, 0.25) is 0 Å². The van der Waals surface area contributed by atoms with Crippen molar-refractivity contribution in [1.82, 2.24) is 9.78 Å². The average Bonchev–Trinajstić information content (AvgIpc) is 3.03. The molecular weight excluding hydrogens is 410 g/mol. The van der Waals surface area contributed by atoms with Gasteiger partial charge in [-0.05, 0) is 36.4 Å². The van der Waals surface area contributed by atoms with Gasteiger partial charge in [0.1, 0.15) is 11.5 Å². The summed E-state index contributed by atoms with van der Waals surface area (Å²) in [4.78, 5) is 12.2. The number of anilines is 1. The minimum Gasteiger partial charge on any atom is -0.508 e. The molecule has 1 heterocycles. The lowest BCUT2D eigenvalue weighted by atomic mass is 10.3. The second-order valence-electron chi connectivity index (χ2n) is 5.09. The molecule has 0 saturated heterocycles. The van der Waals surface area contributed by atoms with E-state index in [-0.39, 0.29) is 24.1 Å². The maximum atomic E-state index is 12.2. The second kappa shape index (κ2) is 7.58. The molecule has 3 aromatic rings. The van der Waals surface area contributed by atoms with Crippen LogP contribution in [0.5, 0.6) is 11.5 Å². The first-order valence-corrected chi connectivity index (χ1v) is 8.40. The van der Waals surface area contributed by atoms with Crippen LogP contribution in [0, 0.1) is 0 Å². The lowest BCUT2D eigenvalue weighted by Crippen LogP contribution is -2.14. The first-order chi connectivity index (χ1) is 12.0. The van der Waals surface area contributed by atoms with Crippen molar-refractivity contribution in [2.45, 2.75) is 6.73 Å². The zero-order valence-electron chi connectivity index (χ0n) is 12.8. The van der Waals surface area contributed by atoms with Gasteiger partial charge in [-0.2, -0.15) is 5.10 Å². The molecule has 2 aromatic carbocycles. The zero-order valence-corrected chi connectivity index (χ0v) is 15.2. The van der Waals surface area contributed by atoms with Gasteiger partial charge in [-0.3, -0.25) is 4.79 Å². The summed E-state index contributed by atoms with van der Waals surface area (Å²) in [7, 11) is 0. The van der Waals surface area contributed by atoms with Crippen LogP contribution in [0.15, 0.2) is 59.2 Å². The van der Waals surface area contributed by atoms with Crippen molar-refractivity contribution >= 4 is 39.1 Å². The number of amides is 1. The van der Waals surface area contributed by atoms with E-state index in [2.05, 4.69) is 26.3 Å². The Morgan fingerprint density at radius 2 is 2.12 bits per heavy atom. The summed E-state index contributed by atoms with van der Waals surface area (Å²) in [5.41, 5.74) is 0.714. The van der Waals surface area contributed by atoms with Crippen LogP contribution in [0.3, 0.4) is 0 Å². The number of carbonyl (C=O) groups is 1. The molecule has 0 unspecified atom stereocenters. The van der Waals surface area contributed by atoms with Gasteiger partial charge < -0.3 is 15.2 Å². The fourth-order valence-electron chi connectivity index (χ4n) is 2.06. The molecule has 6 nitrogen and oxygen atoms in total. The van der Waals surface area contributed by atoms with Gasteiger partial charge in [-0.15, -0.1) is 0 Å². The number of benzene rings is 2. The number of phenols is 1. The van der Waals surface area contributed by atoms with Crippen LogP contribution < -0.4 is 10.1 Å².